The summed E-state index contributed by atoms with van der Waals surface area (Å²) in [6.07, 6.45) is 2.25. The van der Waals surface area contributed by atoms with Gasteiger partial charge in [0, 0.05) is 6.42 Å². The van der Waals surface area contributed by atoms with Gasteiger partial charge < -0.3 is 5.11 Å². The Kier molecular flexibility index (Phi) is 2.71. The molecule has 0 atom stereocenters. The Hall–Kier alpha value is -0.900. The normalized spacial score (nSPS) is 11.6. The molecule has 13 heavy (non-hydrogen) atoms. The van der Waals surface area contributed by atoms with Gasteiger partial charge in [0.1, 0.15) is 4.88 Å². The lowest BCUT2D eigenvalue weighted by atomic mass is 9.93. The summed E-state index contributed by atoms with van der Waals surface area (Å²) in [6.45, 7) is 6.32. The summed E-state index contributed by atoms with van der Waals surface area (Å²) in [4.78, 5) is 14.9. The zero-order valence-corrected chi connectivity index (χ0v) is 8.81. The molecule has 0 radical (unpaired) electrons. The minimum Gasteiger partial charge on any atom is -0.477 e. The molecule has 0 unspecified atom stereocenters. The van der Waals surface area contributed by atoms with Gasteiger partial charge >= 0.3 is 5.97 Å². The van der Waals surface area contributed by atoms with Gasteiger partial charge in [-0.05, 0) is 5.41 Å². The zero-order chi connectivity index (χ0) is 10.1. The largest absolute Gasteiger partial charge is 0.477 e. The van der Waals surface area contributed by atoms with Crippen molar-refractivity contribution < 1.29 is 9.90 Å². The summed E-state index contributed by atoms with van der Waals surface area (Å²) in [6, 6.07) is 0. The molecule has 0 amide bonds. The third kappa shape index (κ3) is 3.14. The first-order valence-electron chi connectivity index (χ1n) is 4.06. The predicted molar refractivity (Wildman–Crippen MR) is 52.2 cm³/mol. The van der Waals surface area contributed by atoms with Crippen LogP contribution in [0, 0.1) is 5.41 Å². The van der Waals surface area contributed by atoms with Gasteiger partial charge in [-0.25, -0.2) is 9.78 Å². The van der Waals surface area contributed by atoms with Crippen LogP contribution in [0.25, 0.3) is 0 Å². The lowest BCUT2D eigenvalue weighted by Gasteiger charge is -2.15. The number of carboxylic acid groups (broad SMARTS) is 1. The lowest BCUT2D eigenvalue weighted by Crippen LogP contribution is -2.08. The van der Waals surface area contributed by atoms with Crippen LogP contribution in [0.2, 0.25) is 0 Å². The topological polar surface area (TPSA) is 50.2 Å². The fraction of sp³-hybridized carbons (Fsp3) is 0.556. The second kappa shape index (κ2) is 3.46. The quantitative estimate of drug-likeness (QED) is 0.795. The third-order valence-electron chi connectivity index (χ3n) is 1.45. The maximum absolute atomic E-state index is 10.6. The summed E-state index contributed by atoms with van der Waals surface area (Å²) < 4.78 is 0. The number of nitrogens with zero attached hydrogens (tertiary/aromatic N) is 1. The number of hydrogen-bond donors (Lipinski definition) is 1. The van der Waals surface area contributed by atoms with Gasteiger partial charge in [-0.15, -0.1) is 11.3 Å². The van der Waals surface area contributed by atoms with Crippen LogP contribution >= 0.6 is 11.3 Å². The standard InChI is InChI=1S/C9H13NO2S/c1-9(2,3)4-7-10-5-6(13-7)8(11)12/h5H,4H2,1-3H3,(H,11,12). The van der Waals surface area contributed by atoms with Crippen LogP contribution in [0.5, 0.6) is 0 Å². The summed E-state index contributed by atoms with van der Waals surface area (Å²) >= 11 is 1.26. The minimum atomic E-state index is -0.891. The van der Waals surface area contributed by atoms with Crippen molar-refractivity contribution in [1.82, 2.24) is 4.98 Å². The summed E-state index contributed by atoms with van der Waals surface area (Å²) in [5.74, 6) is -0.891. The smallest absolute Gasteiger partial charge is 0.347 e. The van der Waals surface area contributed by atoms with E-state index >= 15 is 0 Å². The Labute approximate surface area is 81.4 Å². The van der Waals surface area contributed by atoms with E-state index in [-0.39, 0.29) is 5.41 Å². The first kappa shape index (κ1) is 10.2. The molecule has 1 N–H and O–H groups in total. The molecule has 1 heterocycles. The van der Waals surface area contributed by atoms with E-state index in [1.54, 1.807) is 0 Å². The number of hydrogen-bond acceptors (Lipinski definition) is 3. The molecule has 0 aliphatic heterocycles. The molecular formula is C9H13NO2S. The monoisotopic (exact) mass is 199 g/mol. The Morgan fingerprint density at radius 1 is 1.62 bits per heavy atom. The number of thiazole rings is 1. The molecule has 4 heteroatoms. The van der Waals surface area contributed by atoms with Crippen molar-refractivity contribution in [2.75, 3.05) is 0 Å². The molecule has 0 bridgehead atoms. The van der Waals surface area contributed by atoms with Crippen LogP contribution in [0.3, 0.4) is 0 Å². The first-order chi connectivity index (χ1) is 5.88. The summed E-state index contributed by atoms with van der Waals surface area (Å²) in [7, 11) is 0. The molecule has 0 aromatic carbocycles. The summed E-state index contributed by atoms with van der Waals surface area (Å²) in [5.41, 5.74) is 0.160. The number of carboxylic acids is 1. The number of carbonyl (C=O) groups is 1. The predicted octanol–water partition coefficient (Wildman–Crippen LogP) is 2.43. The Morgan fingerprint density at radius 2 is 2.23 bits per heavy atom. The van der Waals surface area contributed by atoms with Crippen LogP contribution in [0.4, 0.5) is 0 Å². The fourth-order valence-electron chi connectivity index (χ4n) is 0.945. The number of aromatic carboxylic acids is 1. The second-order valence-electron chi connectivity index (χ2n) is 4.16. The Balaban J connectivity index is 2.75. The van der Waals surface area contributed by atoms with E-state index in [1.807, 2.05) is 0 Å². The molecule has 3 nitrogen and oxygen atoms in total. The molecule has 1 aromatic heterocycles. The van der Waals surface area contributed by atoms with Gasteiger partial charge in [0.25, 0.3) is 0 Å². The van der Waals surface area contributed by atoms with E-state index in [0.29, 0.717) is 4.88 Å². The molecule has 0 saturated carbocycles. The van der Waals surface area contributed by atoms with Crippen molar-refractivity contribution in [3.8, 4) is 0 Å². The minimum absolute atomic E-state index is 0.160. The van der Waals surface area contributed by atoms with Gasteiger partial charge in [-0.1, -0.05) is 20.8 Å². The maximum Gasteiger partial charge on any atom is 0.347 e. The third-order valence-corrected chi connectivity index (χ3v) is 2.43. The maximum atomic E-state index is 10.6. The van der Waals surface area contributed by atoms with E-state index in [9.17, 15) is 4.79 Å². The van der Waals surface area contributed by atoms with Gasteiger partial charge in [0.05, 0.1) is 11.2 Å². The SMILES string of the molecule is CC(C)(C)Cc1ncc(C(=O)O)s1. The van der Waals surface area contributed by atoms with Crippen molar-refractivity contribution in [3.63, 3.8) is 0 Å². The summed E-state index contributed by atoms with van der Waals surface area (Å²) in [5, 5.41) is 9.56. The van der Waals surface area contributed by atoms with Crippen molar-refractivity contribution in [3.05, 3.63) is 16.1 Å². The molecular weight excluding hydrogens is 186 g/mol. The van der Waals surface area contributed by atoms with Gasteiger partial charge in [-0.2, -0.15) is 0 Å². The molecule has 0 aliphatic carbocycles. The second-order valence-corrected chi connectivity index (χ2v) is 5.28. The lowest BCUT2D eigenvalue weighted by molar-refractivity contribution is 0.0702. The van der Waals surface area contributed by atoms with Gasteiger partial charge in [0.2, 0.25) is 0 Å². The van der Waals surface area contributed by atoms with E-state index in [4.69, 9.17) is 5.11 Å². The van der Waals surface area contributed by atoms with E-state index in [0.717, 1.165) is 11.4 Å². The first-order valence-corrected chi connectivity index (χ1v) is 4.88. The van der Waals surface area contributed by atoms with Crippen LogP contribution in [-0.4, -0.2) is 16.1 Å². The van der Waals surface area contributed by atoms with E-state index in [2.05, 4.69) is 25.8 Å². The highest BCUT2D eigenvalue weighted by atomic mass is 32.1. The van der Waals surface area contributed by atoms with Crippen molar-refractivity contribution >= 4 is 17.3 Å². The van der Waals surface area contributed by atoms with E-state index in [1.165, 1.54) is 17.5 Å². The molecule has 0 saturated heterocycles. The number of aromatic nitrogens is 1. The molecule has 72 valence electrons. The van der Waals surface area contributed by atoms with Crippen LogP contribution in [-0.2, 0) is 6.42 Å². The molecule has 0 fully saturated rings. The zero-order valence-electron chi connectivity index (χ0n) is 8.00. The highest BCUT2D eigenvalue weighted by Crippen LogP contribution is 2.23. The fourth-order valence-corrected chi connectivity index (χ4v) is 2.00. The molecule has 0 aliphatic rings. The molecule has 1 rings (SSSR count). The van der Waals surface area contributed by atoms with Gasteiger partial charge in [-0.3, -0.25) is 0 Å². The van der Waals surface area contributed by atoms with Crippen molar-refractivity contribution in [2.24, 2.45) is 5.41 Å². The van der Waals surface area contributed by atoms with E-state index < -0.39 is 5.97 Å². The van der Waals surface area contributed by atoms with Crippen LogP contribution in [0.15, 0.2) is 6.20 Å². The Bertz CT molecular complexity index is 312. The van der Waals surface area contributed by atoms with Crippen molar-refractivity contribution in [2.45, 2.75) is 27.2 Å². The average molecular weight is 199 g/mol. The van der Waals surface area contributed by atoms with Crippen molar-refractivity contribution in [1.29, 1.82) is 0 Å². The average Bonchev–Trinajstić information content (AvgIpc) is 2.31. The number of rotatable bonds is 2. The molecule has 0 spiro atoms. The van der Waals surface area contributed by atoms with Crippen LogP contribution < -0.4 is 0 Å². The highest BCUT2D eigenvalue weighted by Gasteiger charge is 2.15. The van der Waals surface area contributed by atoms with Gasteiger partial charge in [0.15, 0.2) is 0 Å². The molecule has 1 aromatic rings. The Morgan fingerprint density at radius 3 is 2.62 bits per heavy atom. The highest BCUT2D eigenvalue weighted by molar-refractivity contribution is 7.13. The van der Waals surface area contributed by atoms with Crippen LogP contribution in [0.1, 0.15) is 35.5 Å².